The van der Waals surface area contributed by atoms with Crippen molar-refractivity contribution in [1.29, 1.82) is 5.41 Å². The predicted octanol–water partition coefficient (Wildman–Crippen LogP) is 0.971. The Bertz CT molecular complexity index is 333. The molecule has 0 aliphatic rings. The van der Waals surface area contributed by atoms with Crippen LogP contribution in [0.15, 0.2) is 29.3 Å². The molecule has 0 aliphatic carbocycles. The maximum atomic E-state index is 7.52. The van der Waals surface area contributed by atoms with Crippen LogP contribution in [0, 0.1) is 5.41 Å². The average molecular weight is 176 g/mol. The van der Waals surface area contributed by atoms with E-state index < -0.39 is 0 Å². The van der Waals surface area contributed by atoms with Gasteiger partial charge in [0, 0.05) is 11.3 Å². The lowest BCUT2D eigenvalue weighted by atomic mass is 10.2. The maximum absolute atomic E-state index is 7.52. The van der Waals surface area contributed by atoms with Crippen molar-refractivity contribution < 1.29 is 0 Å². The van der Waals surface area contributed by atoms with Crippen LogP contribution in [-0.4, -0.2) is 11.7 Å². The van der Waals surface area contributed by atoms with E-state index in [0.717, 1.165) is 0 Å². The maximum Gasteiger partial charge on any atom is 0.153 e. The minimum absolute atomic E-state index is 0.153. The summed E-state index contributed by atoms with van der Waals surface area (Å²) in [6, 6.07) is 6.94. The van der Waals surface area contributed by atoms with Crippen LogP contribution in [0.2, 0.25) is 0 Å². The van der Waals surface area contributed by atoms with E-state index in [4.69, 9.17) is 16.9 Å². The fraction of sp³-hybridized carbons (Fsp3) is 0.111. The number of hydrogen-bond donors (Lipinski definition) is 3. The molecule has 0 saturated heterocycles. The van der Waals surface area contributed by atoms with Gasteiger partial charge in [0.05, 0.1) is 5.84 Å². The van der Waals surface area contributed by atoms with Crippen LogP contribution in [0.3, 0.4) is 0 Å². The van der Waals surface area contributed by atoms with Crippen molar-refractivity contribution in [3.63, 3.8) is 0 Å². The van der Waals surface area contributed by atoms with E-state index in [0.29, 0.717) is 17.1 Å². The third-order valence-corrected chi connectivity index (χ3v) is 1.47. The molecule has 0 heterocycles. The van der Waals surface area contributed by atoms with Crippen LogP contribution >= 0.6 is 0 Å². The lowest BCUT2D eigenvalue weighted by Gasteiger charge is -1.99. The third kappa shape index (κ3) is 2.59. The molecule has 0 atom stereocenters. The number of nitrogen functional groups attached to an aromatic ring is 1. The number of aliphatic imine (C=N–C) groups is 1. The summed E-state index contributed by atoms with van der Waals surface area (Å²) in [5, 5.41) is 7.52. The number of benzene rings is 1. The molecule has 0 radical (unpaired) electrons. The van der Waals surface area contributed by atoms with Crippen molar-refractivity contribution in [1.82, 2.24) is 0 Å². The highest BCUT2D eigenvalue weighted by atomic mass is 14.9. The first-order chi connectivity index (χ1) is 6.09. The molecule has 5 N–H and O–H groups in total. The average Bonchev–Trinajstić information content (AvgIpc) is 2.04. The summed E-state index contributed by atoms with van der Waals surface area (Å²) in [4.78, 5) is 3.81. The van der Waals surface area contributed by atoms with Crippen LogP contribution < -0.4 is 11.5 Å². The number of hydrogen-bond acceptors (Lipinski definition) is 2. The van der Waals surface area contributed by atoms with Gasteiger partial charge in [-0.15, -0.1) is 0 Å². The SMILES string of the molecule is CC(N)=NC(=N)c1ccc(N)cc1. The summed E-state index contributed by atoms with van der Waals surface area (Å²) in [6.07, 6.45) is 0. The second-order valence-corrected chi connectivity index (χ2v) is 2.72. The molecule has 0 aromatic heterocycles. The summed E-state index contributed by atoms with van der Waals surface area (Å²) >= 11 is 0. The van der Waals surface area contributed by atoms with Crippen molar-refractivity contribution >= 4 is 17.4 Å². The first kappa shape index (κ1) is 9.25. The monoisotopic (exact) mass is 176 g/mol. The quantitative estimate of drug-likeness (QED) is 0.338. The highest BCUT2D eigenvalue weighted by molar-refractivity contribution is 6.03. The number of nitrogens with two attached hydrogens (primary N) is 2. The van der Waals surface area contributed by atoms with Crippen LogP contribution in [0.25, 0.3) is 0 Å². The van der Waals surface area contributed by atoms with E-state index in [1.165, 1.54) is 0 Å². The third-order valence-electron chi connectivity index (χ3n) is 1.47. The van der Waals surface area contributed by atoms with Gasteiger partial charge in [-0.05, 0) is 31.2 Å². The second kappa shape index (κ2) is 3.71. The summed E-state index contributed by atoms with van der Waals surface area (Å²) in [5.41, 5.74) is 12.2. The van der Waals surface area contributed by atoms with Gasteiger partial charge in [0.15, 0.2) is 5.84 Å². The molecule has 4 nitrogen and oxygen atoms in total. The summed E-state index contributed by atoms with van der Waals surface area (Å²) in [5.74, 6) is 0.529. The van der Waals surface area contributed by atoms with Crippen LogP contribution in [0.4, 0.5) is 5.69 Å². The Morgan fingerprint density at radius 3 is 2.31 bits per heavy atom. The molecule has 0 aliphatic heterocycles. The molecule has 13 heavy (non-hydrogen) atoms. The second-order valence-electron chi connectivity index (χ2n) is 2.72. The van der Waals surface area contributed by atoms with Crippen molar-refractivity contribution in [3.05, 3.63) is 29.8 Å². The number of amidine groups is 2. The van der Waals surface area contributed by atoms with E-state index in [-0.39, 0.29) is 5.84 Å². The Hall–Kier alpha value is -1.84. The normalized spacial score (nSPS) is 11.3. The fourth-order valence-electron chi connectivity index (χ4n) is 0.882. The van der Waals surface area contributed by atoms with E-state index in [1.54, 1.807) is 31.2 Å². The smallest absolute Gasteiger partial charge is 0.153 e. The Balaban J connectivity index is 2.90. The Morgan fingerprint density at radius 2 is 1.85 bits per heavy atom. The Labute approximate surface area is 76.8 Å². The minimum Gasteiger partial charge on any atom is -0.399 e. The van der Waals surface area contributed by atoms with Gasteiger partial charge in [-0.3, -0.25) is 5.41 Å². The number of nitrogens with zero attached hydrogens (tertiary/aromatic N) is 1. The predicted molar refractivity (Wildman–Crippen MR) is 55.0 cm³/mol. The van der Waals surface area contributed by atoms with Crippen molar-refractivity contribution in [2.75, 3.05) is 5.73 Å². The van der Waals surface area contributed by atoms with Crippen LogP contribution in [0.1, 0.15) is 12.5 Å². The first-order valence-electron chi connectivity index (χ1n) is 3.85. The van der Waals surface area contributed by atoms with Crippen molar-refractivity contribution in [3.8, 4) is 0 Å². The van der Waals surface area contributed by atoms with Gasteiger partial charge < -0.3 is 11.5 Å². The molecule has 1 aromatic rings. The van der Waals surface area contributed by atoms with E-state index in [9.17, 15) is 0 Å². The zero-order valence-electron chi connectivity index (χ0n) is 7.41. The Kier molecular flexibility index (Phi) is 2.64. The van der Waals surface area contributed by atoms with Crippen LogP contribution in [-0.2, 0) is 0 Å². The van der Waals surface area contributed by atoms with Crippen LogP contribution in [0.5, 0.6) is 0 Å². The van der Waals surface area contributed by atoms with Gasteiger partial charge in [0.2, 0.25) is 0 Å². The van der Waals surface area contributed by atoms with E-state index >= 15 is 0 Å². The molecule has 0 spiro atoms. The van der Waals surface area contributed by atoms with Gasteiger partial charge in [0.1, 0.15) is 0 Å². The lowest BCUT2D eigenvalue weighted by molar-refractivity contribution is 1.39. The lowest BCUT2D eigenvalue weighted by Crippen LogP contribution is -2.09. The topological polar surface area (TPSA) is 88.2 Å². The van der Waals surface area contributed by atoms with Gasteiger partial charge >= 0.3 is 0 Å². The molecule has 0 amide bonds. The molecule has 0 fully saturated rings. The molecule has 1 aromatic carbocycles. The zero-order chi connectivity index (χ0) is 9.84. The molecule has 68 valence electrons. The number of anilines is 1. The minimum atomic E-state index is 0.153. The van der Waals surface area contributed by atoms with E-state index in [1.807, 2.05) is 0 Å². The van der Waals surface area contributed by atoms with Crippen molar-refractivity contribution in [2.45, 2.75) is 6.92 Å². The molecule has 0 unspecified atom stereocenters. The Morgan fingerprint density at radius 1 is 1.31 bits per heavy atom. The highest BCUT2D eigenvalue weighted by Gasteiger charge is 1.97. The molecular weight excluding hydrogens is 164 g/mol. The van der Waals surface area contributed by atoms with Gasteiger partial charge in [0.25, 0.3) is 0 Å². The van der Waals surface area contributed by atoms with Gasteiger partial charge in [-0.2, -0.15) is 0 Å². The summed E-state index contributed by atoms with van der Waals surface area (Å²) in [6.45, 7) is 1.64. The zero-order valence-corrected chi connectivity index (χ0v) is 7.41. The fourth-order valence-corrected chi connectivity index (χ4v) is 0.882. The highest BCUT2D eigenvalue weighted by Crippen LogP contribution is 2.06. The summed E-state index contributed by atoms with van der Waals surface area (Å²) in [7, 11) is 0. The molecule has 0 saturated carbocycles. The molecular formula is C9H12N4. The van der Waals surface area contributed by atoms with Crippen molar-refractivity contribution in [2.24, 2.45) is 10.7 Å². The largest absolute Gasteiger partial charge is 0.399 e. The molecule has 1 rings (SSSR count). The number of nitrogens with one attached hydrogen (secondary N) is 1. The first-order valence-corrected chi connectivity index (χ1v) is 3.85. The van der Waals surface area contributed by atoms with Gasteiger partial charge in [-0.25, -0.2) is 4.99 Å². The molecule has 0 bridgehead atoms. The standard InChI is InChI=1S/C9H12N4/c1-6(10)13-9(12)7-2-4-8(11)5-3-7/h2-5H,11H2,1H3,(H3,10,12,13). The van der Waals surface area contributed by atoms with E-state index in [2.05, 4.69) is 4.99 Å². The molecule has 4 heteroatoms. The number of rotatable bonds is 1. The summed E-state index contributed by atoms with van der Waals surface area (Å²) < 4.78 is 0. The van der Waals surface area contributed by atoms with Gasteiger partial charge in [-0.1, -0.05) is 0 Å².